The first kappa shape index (κ1) is 16.6. The first-order valence-corrected chi connectivity index (χ1v) is 14.0. The van der Waals surface area contributed by atoms with Crippen molar-refractivity contribution in [2.75, 3.05) is 7.11 Å². The fraction of sp³-hybridized carbons (Fsp3) is 0.0526. The maximum absolute atomic E-state index is 13.0. The average Bonchev–Trinajstić information content (AvgIpc) is 2.66. The SMILES string of the molecule is COc1ccccc1[O][Bi]1[c]2ccccc2S(=O)(=O)c2cccc[c]21. The van der Waals surface area contributed by atoms with Crippen LogP contribution in [-0.4, -0.2) is 37.7 Å². The molecule has 0 aromatic heterocycles. The number of benzene rings is 3. The van der Waals surface area contributed by atoms with Crippen LogP contribution in [0.2, 0.25) is 0 Å². The van der Waals surface area contributed by atoms with Gasteiger partial charge in [0.15, 0.2) is 0 Å². The molecule has 1 heterocycles. The molecule has 1 aliphatic heterocycles. The molecule has 0 radical (unpaired) electrons. The Kier molecular flexibility index (Phi) is 4.26. The van der Waals surface area contributed by atoms with Crippen molar-refractivity contribution in [3.8, 4) is 11.5 Å². The number of hydrogen-bond donors (Lipinski definition) is 0. The zero-order valence-corrected chi connectivity index (χ0v) is 17.7. The molecule has 25 heavy (non-hydrogen) atoms. The van der Waals surface area contributed by atoms with Crippen LogP contribution in [0.5, 0.6) is 11.5 Å². The van der Waals surface area contributed by atoms with Crippen LogP contribution in [0, 0.1) is 0 Å². The molecule has 1 aliphatic rings. The monoisotopic (exact) mass is 548 g/mol. The van der Waals surface area contributed by atoms with Gasteiger partial charge in [0.1, 0.15) is 0 Å². The Bertz CT molecular complexity index is 993. The Hall–Kier alpha value is -1.91. The van der Waals surface area contributed by atoms with E-state index in [2.05, 4.69) is 0 Å². The van der Waals surface area contributed by atoms with Gasteiger partial charge in [-0.2, -0.15) is 0 Å². The molecule has 0 unspecified atom stereocenters. The second-order valence-corrected chi connectivity index (χ2v) is 14.1. The van der Waals surface area contributed by atoms with Gasteiger partial charge in [0.05, 0.1) is 0 Å². The molecule has 0 spiro atoms. The second-order valence-electron chi connectivity index (χ2n) is 5.48. The molecule has 4 nitrogen and oxygen atoms in total. The van der Waals surface area contributed by atoms with Gasteiger partial charge in [0.25, 0.3) is 0 Å². The molecule has 0 N–H and O–H groups in total. The number of para-hydroxylation sites is 2. The molecule has 6 heteroatoms. The topological polar surface area (TPSA) is 52.6 Å². The van der Waals surface area contributed by atoms with Crippen LogP contribution in [0.3, 0.4) is 0 Å². The van der Waals surface area contributed by atoms with Crippen molar-refractivity contribution in [2.45, 2.75) is 9.79 Å². The van der Waals surface area contributed by atoms with Crippen LogP contribution in [-0.2, 0) is 9.84 Å². The van der Waals surface area contributed by atoms with Gasteiger partial charge in [-0.1, -0.05) is 0 Å². The zero-order chi connectivity index (χ0) is 17.4. The predicted molar refractivity (Wildman–Crippen MR) is 97.0 cm³/mol. The molecule has 0 saturated heterocycles. The van der Waals surface area contributed by atoms with E-state index in [9.17, 15) is 8.42 Å². The summed E-state index contributed by atoms with van der Waals surface area (Å²) in [6, 6.07) is 21.9. The van der Waals surface area contributed by atoms with Gasteiger partial charge in [-0.05, 0) is 0 Å². The number of methoxy groups -OCH3 is 1. The van der Waals surface area contributed by atoms with Crippen molar-refractivity contribution in [3.63, 3.8) is 0 Å². The van der Waals surface area contributed by atoms with Crippen LogP contribution >= 0.6 is 0 Å². The van der Waals surface area contributed by atoms with Crippen molar-refractivity contribution in [1.29, 1.82) is 0 Å². The molecule has 4 rings (SSSR count). The Morgan fingerprint density at radius 2 is 1.20 bits per heavy atom. The molecule has 0 aliphatic carbocycles. The van der Waals surface area contributed by atoms with Crippen molar-refractivity contribution >= 4 is 38.6 Å². The minimum absolute atomic E-state index is 0.376. The molecular formula is C19H15BiO4S. The molecule has 126 valence electrons. The Balaban J connectivity index is 1.92. The van der Waals surface area contributed by atoms with Gasteiger partial charge < -0.3 is 0 Å². The van der Waals surface area contributed by atoms with Crippen molar-refractivity contribution in [2.24, 2.45) is 0 Å². The molecule has 0 saturated carbocycles. The predicted octanol–water partition coefficient (Wildman–Crippen LogP) is 2.03. The van der Waals surface area contributed by atoms with Crippen molar-refractivity contribution in [1.82, 2.24) is 0 Å². The second kappa shape index (κ2) is 6.43. The number of ether oxygens (including phenoxy) is 1. The number of fused-ring (bicyclic) bond motifs is 2. The summed E-state index contributed by atoms with van der Waals surface area (Å²) in [5.74, 6) is 1.31. The normalized spacial score (nSPS) is 15.1. The van der Waals surface area contributed by atoms with Crippen LogP contribution in [0.25, 0.3) is 0 Å². The van der Waals surface area contributed by atoms with Gasteiger partial charge in [0.2, 0.25) is 0 Å². The summed E-state index contributed by atoms with van der Waals surface area (Å²) in [4.78, 5) is 0.753. The molecule has 0 amide bonds. The van der Waals surface area contributed by atoms with Gasteiger partial charge in [0, 0.05) is 0 Å². The Labute approximate surface area is 155 Å². The summed E-state index contributed by atoms with van der Waals surface area (Å²) in [6.07, 6.45) is 0. The minimum atomic E-state index is -3.50. The third-order valence-electron chi connectivity index (χ3n) is 4.01. The third kappa shape index (κ3) is 2.74. The molecule has 0 bridgehead atoms. The summed E-state index contributed by atoms with van der Waals surface area (Å²) in [5, 5.41) is 0. The summed E-state index contributed by atoms with van der Waals surface area (Å²) in [7, 11) is -1.90. The van der Waals surface area contributed by atoms with E-state index >= 15 is 0 Å². The molecule has 0 fully saturated rings. The van der Waals surface area contributed by atoms with Gasteiger partial charge in [-0.15, -0.1) is 0 Å². The number of hydrogen-bond acceptors (Lipinski definition) is 4. The first-order valence-electron chi connectivity index (χ1n) is 7.67. The van der Waals surface area contributed by atoms with E-state index < -0.39 is 32.0 Å². The fourth-order valence-corrected chi connectivity index (χ4v) is 15.5. The Morgan fingerprint density at radius 3 is 1.76 bits per heavy atom. The van der Waals surface area contributed by atoms with Crippen molar-refractivity contribution < 1.29 is 16.0 Å². The number of rotatable bonds is 3. The van der Waals surface area contributed by atoms with E-state index in [1.54, 1.807) is 31.4 Å². The summed E-state index contributed by atoms with van der Waals surface area (Å²) in [5.41, 5.74) is 0. The molecule has 3 aromatic carbocycles. The summed E-state index contributed by atoms with van der Waals surface area (Å²) < 4.78 is 39.4. The van der Waals surface area contributed by atoms with Crippen LogP contribution in [0.1, 0.15) is 0 Å². The van der Waals surface area contributed by atoms with Gasteiger partial charge in [-0.3, -0.25) is 0 Å². The maximum atomic E-state index is 13.0. The summed E-state index contributed by atoms with van der Waals surface area (Å²) >= 11 is -3.03. The standard InChI is InChI=1S/C12H8O2S.C7H8O2.Bi/c13-15(14,11-7-3-1-4-8-11)12-9-5-2-6-10-12;1-9-7-5-3-2-4-6(7)8;/h1-7,9H;2-5,8H,1H3;/q;;+1/p-1. The summed E-state index contributed by atoms with van der Waals surface area (Å²) in [6.45, 7) is 0. The van der Waals surface area contributed by atoms with Crippen LogP contribution < -0.4 is 14.1 Å². The van der Waals surface area contributed by atoms with E-state index in [4.69, 9.17) is 7.55 Å². The molecule has 3 aromatic rings. The van der Waals surface area contributed by atoms with E-state index in [0.717, 1.165) is 6.54 Å². The third-order valence-corrected chi connectivity index (χ3v) is 15.0. The zero-order valence-electron chi connectivity index (χ0n) is 13.4. The van der Waals surface area contributed by atoms with Gasteiger partial charge in [-0.25, -0.2) is 0 Å². The van der Waals surface area contributed by atoms with Crippen LogP contribution in [0.15, 0.2) is 82.6 Å². The first-order chi connectivity index (χ1) is 12.1. The fourth-order valence-electron chi connectivity index (χ4n) is 2.84. The van der Waals surface area contributed by atoms with Crippen molar-refractivity contribution in [3.05, 3.63) is 72.8 Å². The van der Waals surface area contributed by atoms with E-state index in [-0.39, 0.29) is 0 Å². The van der Waals surface area contributed by atoms with E-state index in [1.807, 2.05) is 48.5 Å². The van der Waals surface area contributed by atoms with E-state index in [1.165, 1.54) is 0 Å². The van der Waals surface area contributed by atoms with Crippen LogP contribution in [0.4, 0.5) is 0 Å². The van der Waals surface area contributed by atoms with E-state index in [0.29, 0.717) is 21.3 Å². The molecular weight excluding hydrogens is 533 g/mol. The molecule has 0 atom stereocenters. The average molecular weight is 548 g/mol. The Morgan fingerprint density at radius 1 is 0.720 bits per heavy atom. The quantitative estimate of drug-likeness (QED) is 0.471. The number of sulfone groups is 1. The van der Waals surface area contributed by atoms with Gasteiger partial charge >= 0.3 is 156 Å².